The fraction of sp³-hybridized carbons (Fsp3) is 0.682. The predicted molar refractivity (Wildman–Crippen MR) is 115 cm³/mol. The number of carbonyl (C=O) groups is 1. The average molecular weight is 444 g/mol. The van der Waals surface area contributed by atoms with Gasteiger partial charge in [-0.2, -0.15) is 0 Å². The van der Waals surface area contributed by atoms with Gasteiger partial charge in [-0.1, -0.05) is 12.1 Å². The molecule has 1 aromatic carbocycles. The van der Waals surface area contributed by atoms with Crippen LogP contribution in [0.2, 0.25) is 0 Å². The molecule has 1 aromatic rings. The average Bonchev–Trinajstić information content (AvgIpc) is 2.70. The molecule has 0 aliphatic rings. The van der Waals surface area contributed by atoms with Crippen LogP contribution in [0, 0.1) is 0 Å². The third-order valence-electron chi connectivity index (χ3n) is 3.75. The van der Waals surface area contributed by atoms with Crippen molar-refractivity contribution in [3.63, 3.8) is 0 Å². The number of alkyl carbamates (subject to hydrolysis) is 1. The second-order valence-electron chi connectivity index (χ2n) is 7.65. The first-order chi connectivity index (χ1) is 14.8. The van der Waals surface area contributed by atoms with Gasteiger partial charge in [0.05, 0.1) is 39.1 Å². The largest absolute Gasteiger partial charge is 0.491 e. The van der Waals surface area contributed by atoms with Crippen LogP contribution in [-0.2, 0) is 28.7 Å². The minimum atomic E-state index is -0.525. The molecule has 178 valence electrons. The molecule has 0 spiro atoms. The molecule has 0 bridgehead atoms. The monoisotopic (exact) mass is 443 g/mol. The Balaban J connectivity index is 2.07. The lowest BCUT2D eigenvalue weighted by molar-refractivity contribution is -0.303. The summed E-state index contributed by atoms with van der Waals surface area (Å²) >= 11 is 0. The number of ether oxygens (including phenoxy) is 5. The molecule has 0 aliphatic carbocycles. The molecule has 0 heterocycles. The normalized spacial score (nSPS) is 12.4. The highest BCUT2D eigenvalue weighted by molar-refractivity contribution is 5.68. The van der Waals surface area contributed by atoms with Gasteiger partial charge >= 0.3 is 6.09 Å². The third-order valence-corrected chi connectivity index (χ3v) is 3.75. The van der Waals surface area contributed by atoms with Crippen LogP contribution < -0.4 is 10.1 Å². The number of carbonyl (C=O) groups excluding carboxylic acids is 1. The predicted octanol–water partition coefficient (Wildman–Crippen LogP) is 3.28. The zero-order valence-electron chi connectivity index (χ0n) is 19.3. The van der Waals surface area contributed by atoms with E-state index in [4.69, 9.17) is 33.5 Å². The highest BCUT2D eigenvalue weighted by Crippen LogP contribution is 2.18. The van der Waals surface area contributed by atoms with E-state index in [1.54, 1.807) is 7.11 Å². The van der Waals surface area contributed by atoms with Gasteiger partial charge in [-0.25, -0.2) is 14.6 Å². The van der Waals surface area contributed by atoms with E-state index in [2.05, 4.69) is 5.32 Å². The van der Waals surface area contributed by atoms with Gasteiger partial charge in [-0.3, -0.25) is 0 Å². The van der Waals surface area contributed by atoms with E-state index in [-0.39, 0.29) is 6.04 Å². The minimum Gasteiger partial charge on any atom is -0.491 e. The molecular formula is C22H37NO8. The Labute approximate surface area is 185 Å². The smallest absolute Gasteiger partial charge is 0.408 e. The first-order valence-electron chi connectivity index (χ1n) is 10.4. The van der Waals surface area contributed by atoms with Crippen LogP contribution in [0.5, 0.6) is 5.75 Å². The lowest BCUT2D eigenvalue weighted by Crippen LogP contribution is -2.34. The summed E-state index contributed by atoms with van der Waals surface area (Å²) < 4.78 is 26.6. The summed E-state index contributed by atoms with van der Waals surface area (Å²) in [5.74, 6) is 0.735. The van der Waals surface area contributed by atoms with Gasteiger partial charge in [0.1, 0.15) is 31.2 Å². The molecule has 9 nitrogen and oxygen atoms in total. The highest BCUT2D eigenvalue weighted by atomic mass is 17.2. The topological polar surface area (TPSA) is 93.7 Å². The van der Waals surface area contributed by atoms with Crippen LogP contribution in [0.1, 0.15) is 39.3 Å². The molecule has 0 aliphatic heterocycles. The Hall–Kier alpha value is -1.91. The van der Waals surface area contributed by atoms with E-state index in [1.807, 2.05) is 52.0 Å². The van der Waals surface area contributed by atoms with E-state index in [0.29, 0.717) is 52.9 Å². The summed E-state index contributed by atoms with van der Waals surface area (Å²) in [6.45, 7) is 10.9. The molecule has 1 N–H and O–H groups in total. The van der Waals surface area contributed by atoms with Crippen LogP contribution in [0.15, 0.2) is 24.3 Å². The third kappa shape index (κ3) is 14.7. The maximum absolute atomic E-state index is 11.9. The van der Waals surface area contributed by atoms with Gasteiger partial charge in [0.2, 0.25) is 0 Å². The number of amides is 1. The van der Waals surface area contributed by atoms with Gasteiger partial charge in [-0.05, 0) is 45.4 Å². The second kappa shape index (κ2) is 15.8. The standard InChI is InChI=1S/C22H37NO8/c1-18(23-21(24)31-22(2,3)4)19-6-8-20(9-7-19)28-15-13-26-11-12-27-14-17-30-29-16-10-25-5/h6-9,18H,10-17H2,1-5H3,(H,23,24). The fourth-order valence-electron chi connectivity index (χ4n) is 2.29. The van der Waals surface area contributed by atoms with Crippen molar-refractivity contribution in [2.45, 2.75) is 39.3 Å². The molecule has 1 atom stereocenters. The van der Waals surface area contributed by atoms with Crippen molar-refractivity contribution >= 4 is 6.09 Å². The van der Waals surface area contributed by atoms with Crippen molar-refractivity contribution in [1.82, 2.24) is 5.32 Å². The lowest BCUT2D eigenvalue weighted by Gasteiger charge is -2.22. The first-order valence-corrected chi connectivity index (χ1v) is 10.4. The molecule has 31 heavy (non-hydrogen) atoms. The Morgan fingerprint density at radius 3 is 2.00 bits per heavy atom. The van der Waals surface area contributed by atoms with Gasteiger partial charge in [-0.15, -0.1) is 0 Å². The summed E-state index contributed by atoms with van der Waals surface area (Å²) in [7, 11) is 1.60. The van der Waals surface area contributed by atoms with Gasteiger partial charge in [0.25, 0.3) is 0 Å². The van der Waals surface area contributed by atoms with Gasteiger partial charge < -0.3 is 29.0 Å². The number of hydrogen-bond donors (Lipinski definition) is 1. The number of methoxy groups -OCH3 is 1. The maximum Gasteiger partial charge on any atom is 0.408 e. The number of rotatable bonds is 16. The molecule has 1 amide bonds. The van der Waals surface area contributed by atoms with Crippen LogP contribution >= 0.6 is 0 Å². The van der Waals surface area contributed by atoms with Crippen LogP contribution in [0.4, 0.5) is 4.79 Å². The molecule has 9 heteroatoms. The van der Waals surface area contributed by atoms with Crippen molar-refractivity contribution in [3.8, 4) is 5.75 Å². The van der Waals surface area contributed by atoms with Crippen molar-refractivity contribution in [2.24, 2.45) is 0 Å². The van der Waals surface area contributed by atoms with Crippen molar-refractivity contribution in [3.05, 3.63) is 29.8 Å². The van der Waals surface area contributed by atoms with Crippen molar-refractivity contribution in [1.29, 1.82) is 0 Å². The van der Waals surface area contributed by atoms with Crippen molar-refractivity contribution < 1.29 is 38.3 Å². The number of hydrogen-bond acceptors (Lipinski definition) is 8. The van der Waals surface area contributed by atoms with E-state index in [9.17, 15) is 4.79 Å². The summed E-state index contributed by atoms with van der Waals surface area (Å²) in [6, 6.07) is 7.37. The number of nitrogens with one attached hydrogen (secondary N) is 1. The summed E-state index contributed by atoms with van der Waals surface area (Å²) in [5, 5.41) is 2.81. The highest BCUT2D eigenvalue weighted by Gasteiger charge is 2.18. The van der Waals surface area contributed by atoms with Crippen LogP contribution in [0.3, 0.4) is 0 Å². The Morgan fingerprint density at radius 1 is 0.871 bits per heavy atom. The summed E-state index contributed by atoms with van der Waals surface area (Å²) in [4.78, 5) is 21.6. The molecular weight excluding hydrogens is 406 g/mol. The molecule has 1 unspecified atom stereocenters. The molecule has 0 saturated carbocycles. The summed E-state index contributed by atoms with van der Waals surface area (Å²) in [5.41, 5.74) is 0.433. The molecule has 1 rings (SSSR count). The van der Waals surface area contributed by atoms with E-state index < -0.39 is 11.7 Å². The van der Waals surface area contributed by atoms with Crippen molar-refractivity contribution in [2.75, 3.05) is 60.0 Å². The molecule has 0 saturated heterocycles. The zero-order valence-corrected chi connectivity index (χ0v) is 19.3. The second-order valence-corrected chi connectivity index (χ2v) is 7.65. The van der Waals surface area contributed by atoms with Gasteiger partial charge in [0.15, 0.2) is 0 Å². The molecule has 0 fully saturated rings. The zero-order chi connectivity index (χ0) is 23.0. The van der Waals surface area contributed by atoms with Gasteiger partial charge in [0, 0.05) is 7.11 Å². The Kier molecular flexibility index (Phi) is 13.8. The Bertz CT molecular complexity index is 588. The molecule has 0 aromatic heterocycles. The first kappa shape index (κ1) is 27.1. The minimum absolute atomic E-state index is 0.172. The number of benzene rings is 1. The summed E-state index contributed by atoms with van der Waals surface area (Å²) in [6.07, 6.45) is -0.440. The molecule has 0 radical (unpaired) electrons. The Morgan fingerprint density at radius 2 is 1.42 bits per heavy atom. The van der Waals surface area contributed by atoms with E-state index in [0.717, 1.165) is 11.3 Å². The van der Waals surface area contributed by atoms with Crippen LogP contribution in [0.25, 0.3) is 0 Å². The maximum atomic E-state index is 11.9. The lowest BCUT2D eigenvalue weighted by atomic mass is 10.1. The van der Waals surface area contributed by atoms with Crippen LogP contribution in [-0.4, -0.2) is 71.7 Å². The van der Waals surface area contributed by atoms with E-state index >= 15 is 0 Å². The fourth-order valence-corrected chi connectivity index (χ4v) is 2.29. The van der Waals surface area contributed by atoms with E-state index in [1.165, 1.54) is 0 Å². The quantitative estimate of drug-likeness (QED) is 0.236. The SMILES string of the molecule is COCCOOCCOCCOCCOc1ccc(C(C)NC(=O)OC(C)(C)C)cc1.